The molecule has 21 heavy (non-hydrogen) atoms. The van der Waals surface area contributed by atoms with E-state index in [0.717, 1.165) is 0 Å². The number of nitrogen functional groups attached to an aromatic ring is 1. The third-order valence-corrected chi connectivity index (χ3v) is 3.54. The van der Waals surface area contributed by atoms with Crippen molar-refractivity contribution in [2.24, 2.45) is 0 Å². The van der Waals surface area contributed by atoms with E-state index in [4.69, 9.17) is 20.3 Å². The van der Waals surface area contributed by atoms with Gasteiger partial charge in [-0.3, -0.25) is 0 Å². The Labute approximate surface area is 119 Å². The first-order valence-corrected chi connectivity index (χ1v) is 6.37. The maximum atomic E-state index is 10.1. The molecule has 1 aliphatic heterocycles. The topological polar surface area (TPSA) is 136 Å². The smallest absolute Gasteiger partial charge is 0.227 e. The SMILES string of the molecule is COc1nc(N)nc2c1ccn2C1OC(CO)C(O)C1O. The van der Waals surface area contributed by atoms with E-state index in [1.807, 2.05) is 0 Å². The fourth-order valence-electron chi connectivity index (χ4n) is 2.49. The number of methoxy groups -OCH3 is 1. The molecular formula is C12H16N4O5. The first kappa shape index (κ1) is 14.0. The molecule has 1 saturated heterocycles. The van der Waals surface area contributed by atoms with Gasteiger partial charge in [0, 0.05) is 6.20 Å². The van der Waals surface area contributed by atoms with E-state index in [1.54, 1.807) is 12.3 Å². The number of aliphatic hydroxyl groups excluding tert-OH is 3. The zero-order chi connectivity index (χ0) is 15.1. The zero-order valence-corrected chi connectivity index (χ0v) is 11.2. The molecule has 1 fully saturated rings. The molecule has 4 unspecified atom stereocenters. The van der Waals surface area contributed by atoms with E-state index in [2.05, 4.69) is 9.97 Å². The summed E-state index contributed by atoms with van der Waals surface area (Å²) in [4.78, 5) is 8.08. The van der Waals surface area contributed by atoms with Crippen molar-refractivity contribution in [2.45, 2.75) is 24.5 Å². The summed E-state index contributed by atoms with van der Waals surface area (Å²) in [5, 5.41) is 29.6. The number of nitrogens with two attached hydrogens (primary N) is 1. The van der Waals surface area contributed by atoms with Gasteiger partial charge in [-0.2, -0.15) is 9.97 Å². The third kappa shape index (κ3) is 2.10. The van der Waals surface area contributed by atoms with E-state index in [9.17, 15) is 10.2 Å². The second-order valence-electron chi connectivity index (χ2n) is 4.78. The van der Waals surface area contributed by atoms with Crippen molar-refractivity contribution in [2.75, 3.05) is 19.5 Å². The lowest BCUT2D eigenvalue weighted by Crippen LogP contribution is -2.33. The van der Waals surface area contributed by atoms with E-state index >= 15 is 0 Å². The van der Waals surface area contributed by atoms with Crippen LogP contribution in [0, 0.1) is 0 Å². The van der Waals surface area contributed by atoms with Gasteiger partial charge in [0.1, 0.15) is 18.3 Å². The summed E-state index contributed by atoms with van der Waals surface area (Å²) in [6, 6.07) is 1.70. The largest absolute Gasteiger partial charge is 0.480 e. The highest BCUT2D eigenvalue weighted by molar-refractivity contribution is 5.82. The average Bonchev–Trinajstić information content (AvgIpc) is 3.01. The molecule has 9 nitrogen and oxygen atoms in total. The van der Waals surface area contributed by atoms with Crippen molar-refractivity contribution in [3.63, 3.8) is 0 Å². The summed E-state index contributed by atoms with van der Waals surface area (Å²) in [7, 11) is 1.46. The Hall–Kier alpha value is -1.94. The van der Waals surface area contributed by atoms with Crippen molar-refractivity contribution >= 4 is 17.0 Å². The molecule has 0 aromatic carbocycles. The van der Waals surface area contributed by atoms with Crippen molar-refractivity contribution in [3.8, 4) is 5.88 Å². The molecule has 0 spiro atoms. The number of anilines is 1. The van der Waals surface area contributed by atoms with Gasteiger partial charge in [0.2, 0.25) is 11.8 Å². The average molecular weight is 296 g/mol. The van der Waals surface area contributed by atoms with Crippen LogP contribution >= 0.6 is 0 Å². The molecule has 5 N–H and O–H groups in total. The van der Waals surface area contributed by atoms with Gasteiger partial charge in [-0.05, 0) is 6.07 Å². The molecule has 0 aliphatic carbocycles. The molecule has 3 rings (SSSR count). The number of fused-ring (bicyclic) bond motifs is 1. The number of rotatable bonds is 3. The summed E-state index contributed by atoms with van der Waals surface area (Å²) in [5.41, 5.74) is 6.05. The van der Waals surface area contributed by atoms with Gasteiger partial charge in [0.25, 0.3) is 0 Å². The molecule has 0 bridgehead atoms. The summed E-state index contributed by atoms with van der Waals surface area (Å²) in [5.74, 6) is 0.328. The molecular weight excluding hydrogens is 280 g/mol. The molecule has 0 saturated carbocycles. The van der Waals surface area contributed by atoms with Gasteiger partial charge in [0.05, 0.1) is 19.1 Å². The molecule has 114 valence electrons. The van der Waals surface area contributed by atoms with Crippen LogP contribution in [0.5, 0.6) is 5.88 Å². The van der Waals surface area contributed by atoms with Crippen molar-refractivity contribution in [1.29, 1.82) is 0 Å². The highest BCUT2D eigenvalue weighted by Gasteiger charge is 2.43. The Balaban J connectivity index is 2.07. The van der Waals surface area contributed by atoms with Crippen LogP contribution in [0.15, 0.2) is 12.3 Å². The maximum Gasteiger partial charge on any atom is 0.227 e. The summed E-state index contributed by atoms with van der Waals surface area (Å²) >= 11 is 0. The molecule has 0 amide bonds. The van der Waals surface area contributed by atoms with E-state index in [1.165, 1.54) is 11.7 Å². The van der Waals surface area contributed by atoms with Gasteiger partial charge in [-0.25, -0.2) is 0 Å². The molecule has 2 aromatic rings. The van der Waals surface area contributed by atoms with Crippen molar-refractivity contribution in [1.82, 2.24) is 14.5 Å². The number of aromatic nitrogens is 3. The summed E-state index contributed by atoms with van der Waals surface area (Å²) < 4.78 is 12.1. The summed E-state index contributed by atoms with van der Waals surface area (Å²) in [6.45, 7) is -0.394. The van der Waals surface area contributed by atoms with Gasteiger partial charge in [-0.1, -0.05) is 0 Å². The van der Waals surface area contributed by atoms with Crippen LogP contribution in [0.3, 0.4) is 0 Å². The van der Waals surface area contributed by atoms with E-state index in [0.29, 0.717) is 16.9 Å². The first-order chi connectivity index (χ1) is 10.1. The fraction of sp³-hybridized carbons (Fsp3) is 0.500. The Kier molecular flexibility index (Phi) is 3.41. The van der Waals surface area contributed by atoms with Gasteiger partial charge >= 0.3 is 0 Å². The second kappa shape index (κ2) is 5.11. The Morgan fingerprint density at radius 1 is 1.38 bits per heavy atom. The number of ether oxygens (including phenoxy) is 2. The predicted octanol–water partition coefficient (Wildman–Crippen LogP) is -1.37. The van der Waals surface area contributed by atoms with Crippen molar-refractivity contribution < 1.29 is 24.8 Å². The van der Waals surface area contributed by atoms with Crippen LogP contribution in [-0.2, 0) is 4.74 Å². The minimum atomic E-state index is -1.19. The Morgan fingerprint density at radius 2 is 2.14 bits per heavy atom. The lowest BCUT2D eigenvalue weighted by atomic mass is 10.1. The van der Waals surface area contributed by atoms with Crippen LogP contribution < -0.4 is 10.5 Å². The van der Waals surface area contributed by atoms with E-state index < -0.39 is 31.1 Å². The zero-order valence-electron chi connectivity index (χ0n) is 11.2. The quantitative estimate of drug-likeness (QED) is 0.545. The first-order valence-electron chi connectivity index (χ1n) is 6.37. The minimum absolute atomic E-state index is 0.0195. The Morgan fingerprint density at radius 3 is 2.76 bits per heavy atom. The second-order valence-corrected chi connectivity index (χ2v) is 4.78. The highest BCUT2D eigenvalue weighted by atomic mass is 16.6. The van der Waals surface area contributed by atoms with Gasteiger partial charge < -0.3 is 35.1 Å². The molecule has 0 radical (unpaired) electrons. The number of aliphatic hydroxyl groups is 3. The predicted molar refractivity (Wildman–Crippen MR) is 71.5 cm³/mol. The van der Waals surface area contributed by atoms with Crippen LogP contribution in [0.2, 0.25) is 0 Å². The van der Waals surface area contributed by atoms with Gasteiger partial charge in [-0.15, -0.1) is 0 Å². The molecule has 2 aromatic heterocycles. The third-order valence-electron chi connectivity index (χ3n) is 3.54. The van der Waals surface area contributed by atoms with Crippen molar-refractivity contribution in [3.05, 3.63) is 12.3 Å². The Bertz CT molecular complexity index is 660. The number of nitrogens with zero attached hydrogens (tertiary/aromatic N) is 3. The lowest BCUT2D eigenvalue weighted by molar-refractivity contribution is -0.0508. The van der Waals surface area contributed by atoms with Gasteiger partial charge in [0.15, 0.2) is 11.9 Å². The fourth-order valence-corrected chi connectivity index (χ4v) is 2.49. The number of hydrogen-bond acceptors (Lipinski definition) is 8. The molecule has 9 heteroatoms. The summed E-state index contributed by atoms with van der Waals surface area (Å²) in [6.07, 6.45) is -2.49. The lowest BCUT2D eigenvalue weighted by Gasteiger charge is -2.17. The van der Waals surface area contributed by atoms with Crippen LogP contribution in [0.25, 0.3) is 11.0 Å². The minimum Gasteiger partial charge on any atom is -0.480 e. The van der Waals surface area contributed by atoms with Crippen LogP contribution in [0.1, 0.15) is 6.23 Å². The molecule has 3 heterocycles. The highest BCUT2D eigenvalue weighted by Crippen LogP contribution is 2.33. The van der Waals surface area contributed by atoms with E-state index in [-0.39, 0.29) is 5.95 Å². The monoisotopic (exact) mass is 296 g/mol. The standard InChI is InChI=1S/C12H16N4O5/c1-20-10-5-2-3-16(9(5)14-12(13)15-10)11-8(19)7(18)6(4-17)21-11/h2-3,6-8,11,17-19H,4H2,1H3,(H2,13,14,15). The molecule has 4 atom stereocenters. The maximum absolute atomic E-state index is 10.1. The van der Waals surface area contributed by atoms with Crippen LogP contribution in [0.4, 0.5) is 5.95 Å². The van der Waals surface area contributed by atoms with Crippen LogP contribution in [-0.4, -0.2) is 61.9 Å². The molecule has 1 aliphatic rings. The number of hydrogen-bond donors (Lipinski definition) is 4. The normalized spacial score (nSPS) is 29.1.